The van der Waals surface area contributed by atoms with E-state index in [4.69, 9.17) is 0 Å². The molecule has 3 rings (SSSR count). The van der Waals surface area contributed by atoms with Crippen LogP contribution in [0.1, 0.15) is 35.6 Å². The standard InChI is InChI=1S/C13H15NO/c1-9-4-5-11-10(7-9)8-13(15)14-6-2-3-12(11)14/h4-5,7,12H,2-3,6,8H2,1H3. The molecule has 0 N–H and O–H groups in total. The summed E-state index contributed by atoms with van der Waals surface area (Å²) in [6, 6.07) is 6.91. The molecule has 1 unspecified atom stereocenters. The number of nitrogens with zero attached hydrogens (tertiary/aromatic N) is 1. The highest BCUT2D eigenvalue weighted by Crippen LogP contribution is 2.38. The van der Waals surface area contributed by atoms with Gasteiger partial charge < -0.3 is 4.90 Å². The molecule has 0 aromatic heterocycles. The zero-order valence-corrected chi connectivity index (χ0v) is 8.99. The Bertz CT molecular complexity index is 425. The highest BCUT2D eigenvalue weighted by atomic mass is 16.2. The molecule has 0 bridgehead atoms. The Hall–Kier alpha value is -1.31. The van der Waals surface area contributed by atoms with Crippen LogP contribution in [-0.4, -0.2) is 17.4 Å². The van der Waals surface area contributed by atoms with E-state index in [1.807, 2.05) is 0 Å². The number of benzene rings is 1. The van der Waals surface area contributed by atoms with Gasteiger partial charge in [-0.2, -0.15) is 0 Å². The molecule has 15 heavy (non-hydrogen) atoms. The van der Waals surface area contributed by atoms with Gasteiger partial charge in [0.2, 0.25) is 5.91 Å². The van der Waals surface area contributed by atoms with Gasteiger partial charge in [0.15, 0.2) is 0 Å². The van der Waals surface area contributed by atoms with Crippen molar-refractivity contribution in [2.24, 2.45) is 0 Å². The monoisotopic (exact) mass is 201 g/mol. The van der Waals surface area contributed by atoms with Crippen molar-refractivity contribution < 1.29 is 4.79 Å². The van der Waals surface area contributed by atoms with Crippen LogP contribution in [0.15, 0.2) is 18.2 Å². The van der Waals surface area contributed by atoms with E-state index in [2.05, 4.69) is 30.0 Å². The summed E-state index contributed by atoms with van der Waals surface area (Å²) in [5, 5.41) is 0. The lowest BCUT2D eigenvalue weighted by molar-refractivity contribution is -0.132. The van der Waals surface area contributed by atoms with E-state index in [1.165, 1.54) is 16.7 Å². The van der Waals surface area contributed by atoms with Gasteiger partial charge in [0.25, 0.3) is 0 Å². The van der Waals surface area contributed by atoms with Crippen molar-refractivity contribution in [3.8, 4) is 0 Å². The maximum atomic E-state index is 11.9. The molecular weight excluding hydrogens is 186 g/mol. The first kappa shape index (κ1) is 8.96. The zero-order valence-electron chi connectivity index (χ0n) is 8.99. The van der Waals surface area contributed by atoms with Gasteiger partial charge in [0.1, 0.15) is 0 Å². The molecule has 1 amide bonds. The maximum Gasteiger partial charge on any atom is 0.227 e. The molecule has 0 saturated carbocycles. The normalized spacial score (nSPS) is 23.9. The third kappa shape index (κ3) is 1.28. The van der Waals surface area contributed by atoms with E-state index in [1.54, 1.807) is 0 Å². The second-order valence-corrected chi connectivity index (χ2v) is 4.62. The van der Waals surface area contributed by atoms with E-state index >= 15 is 0 Å². The second kappa shape index (κ2) is 3.09. The van der Waals surface area contributed by atoms with Crippen molar-refractivity contribution in [2.75, 3.05) is 6.54 Å². The van der Waals surface area contributed by atoms with E-state index < -0.39 is 0 Å². The van der Waals surface area contributed by atoms with Gasteiger partial charge in [-0.25, -0.2) is 0 Å². The Labute approximate surface area is 89.9 Å². The predicted molar refractivity (Wildman–Crippen MR) is 58.6 cm³/mol. The zero-order chi connectivity index (χ0) is 10.4. The van der Waals surface area contributed by atoms with Crippen molar-refractivity contribution in [3.05, 3.63) is 34.9 Å². The number of hydrogen-bond acceptors (Lipinski definition) is 1. The van der Waals surface area contributed by atoms with Gasteiger partial charge in [0, 0.05) is 6.54 Å². The van der Waals surface area contributed by atoms with Gasteiger partial charge in [-0.1, -0.05) is 23.8 Å². The first-order valence-corrected chi connectivity index (χ1v) is 5.64. The third-order valence-electron chi connectivity index (χ3n) is 3.57. The minimum atomic E-state index is 0.315. The van der Waals surface area contributed by atoms with Crippen LogP contribution in [-0.2, 0) is 11.2 Å². The van der Waals surface area contributed by atoms with Crippen LogP contribution in [0.25, 0.3) is 0 Å². The number of aryl methyl sites for hydroxylation is 1. The minimum Gasteiger partial charge on any atom is -0.335 e. The Morgan fingerprint density at radius 2 is 2.27 bits per heavy atom. The summed E-state index contributed by atoms with van der Waals surface area (Å²) in [5.74, 6) is 0.315. The van der Waals surface area contributed by atoms with Crippen LogP contribution < -0.4 is 0 Å². The number of carbonyl (C=O) groups excluding carboxylic acids is 1. The van der Waals surface area contributed by atoms with E-state index in [0.29, 0.717) is 18.4 Å². The molecule has 2 aliphatic heterocycles. The Kier molecular flexibility index (Phi) is 1.84. The highest BCUT2D eigenvalue weighted by Gasteiger charge is 2.35. The molecule has 0 aliphatic carbocycles. The average Bonchev–Trinajstić information content (AvgIpc) is 2.66. The number of fused-ring (bicyclic) bond motifs is 3. The van der Waals surface area contributed by atoms with Gasteiger partial charge in [-0.15, -0.1) is 0 Å². The number of rotatable bonds is 0. The molecule has 2 heterocycles. The summed E-state index contributed by atoms with van der Waals surface area (Å²) in [5.41, 5.74) is 3.90. The lowest BCUT2D eigenvalue weighted by Gasteiger charge is -2.31. The van der Waals surface area contributed by atoms with Crippen molar-refractivity contribution in [2.45, 2.75) is 32.2 Å². The van der Waals surface area contributed by atoms with E-state index in [9.17, 15) is 4.79 Å². The van der Waals surface area contributed by atoms with Crippen LogP contribution in [0.2, 0.25) is 0 Å². The maximum absolute atomic E-state index is 11.9. The van der Waals surface area contributed by atoms with Crippen molar-refractivity contribution in [1.29, 1.82) is 0 Å². The first-order valence-electron chi connectivity index (χ1n) is 5.64. The van der Waals surface area contributed by atoms with Crippen molar-refractivity contribution in [3.63, 3.8) is 0 Å². The smallest absolute Gasteiger partial charge is 0.227 e. The van der Waals surface area contributed by atoms with Crippen LogP contribution in [0.5, 0.6) is 0 Å². The summed E-state index contributed by atoms with van der Waals surface area (Å²) in [4.78, 5) is 13.9. The molecule has 1 aromatic carbocycles. The number of carbonyl (C=O) groups is 1. The lowest BCUT2D eigenvalue weighted by atomic mass is 9.91. The predicted octanol–water partition coefficient (Wildman–Crippen LogP) is 2.21. The van der Waals surface area contributed by atoms with Gasteiger partial charge in [-0.05, 0) is 30.9 Å². The fourth-order valence-corrected chi connectivity index (χ4v) is 2.87. The Morgan fingerprint density at radius 1 is 1.40 bits per heavy atom. The Balaban J connectivity index is 2.11. The van der Waals surface area contributed by atoms with Gasteiger partial charge in [-0.3, -0.25) is 4.79 Å². The van der Waals surface area contributed by atoms with Crippen molar-refractivity contribution in [1.82, 2.24) is 4.90 Å². The van der Waals surface area contributed by atoms with Crippen molar-refractivity contribution >= 4 is 5.91 Å². The van der Waals surface area contributed by atoms with Gasteiger partial charge in [0.05, 0.1) is 12.5 Å². The molecule has 1 aromatic rings. The molecule has 1 atom stereocenters. The summed E-state index contributed by atoms with van der Waals surface area (Å²) >= 11 is 0. The molecule has 2 aliphatic rings. The third-order valence-corrected chi connectivity index (χ3v) is 3.57. The fraction of sp³-hybridized carbons (Fsp3) is 0.462. The van der Waals surface area contributed by atoms with Crippen LogP contribution in [0, 0.1) is 6.92 Å². The molecule has 0 radical (unpaired) electrons. The Morgan fingerprint density at radius 3 is 3.13 bits per heavy atom. The SMILES string of the molecule is Cc1ccc2c(c1)CC(=O)N1CCCC21. The summed E-state index contributed by atoms with van der Waals surface area (Å²) < 4.78 is 0. The molecular formula is C13H15NO. The molecule has 1 saturated heterocycles. The fourth-order valence-electron chi connectivity index (χ4n) is 2.87. The molecule has 2 nitrogen and oxygen atoms in total. The molecule has 1 fully saturated rings. The lowest BCUT2D eigenvalue weighted by Crippen LogP contribution is -2.36. The van der Waals surface area contributed by atoms with Crippen LogP contribution in [0.4, 0.5) is 0 Å². The average molecular weight is 201 g/mol. The molecule has 78 valence electrons. The minimum absolute atomic E-state index is 0.315. The highest BCUT2D eigenvalue weighted by molar-refractivity contribution is 5.82. The summed E-state index contributed by atoms with van der Waals surface area (Å²) in [7, 11) is 0. The van der Waals surface area contributed by atoms with Crippen LogP contribution >= 0.6 is 0 Å². The number of amides is 1. The largest absolute Gasteiger partial charge is 0.335 e. The summed E-state index contributed by atoms with van der Waals surface area (Å²) in [6.45, 7) is 3.04. The van der Waals surface area contributed by atoms with E-state index in [-0.39, 0.29) is 0 Å². The molecule has 0 spiro atoms. The quantitative estimate of drug-likeness (QED) is 0.630. The first-order chi connectivity index (χ1) is 7.25. The second-order valence-electron chi connectivity index (χ2n) is 4.62. The molecule has 2 heteroatoms. The topological polar surface area (TPSA) is 20.3 Å². The van der Waals surface area contributed by atoms with Crippen LogP contribution in [0.3, 0.4) is 0 Å². The summed E-state index contributed by atoms with van der Waals surface area (Å²) in [6.07, 6.45) is 2.90. The van der Waals surface area contributed by atoms with E-state index in [0.717, 1.165) is 19.4 Å². The van der Waals surface area contributed by atoms with Gasteiger partial charge >= 0.3 is 0 Å². The number of hydrogen-bond donors (Lipinski definition) is 0.